The van der Waals surface area contributed by atoms with Gasteiger partial charge in [0, 0.05) is 6.04 Å². The van der Waals surface area contributed by atoms with Crippen LogP contribution in [0.15, 0.2) is 12.2 Å². The van der Waals surface area contributed by atoms with Crippen molar-refractivity contribution in [2.24, 2.45) is 17.6 Å². The van der Waals surface area contributed by atoms with E-state index in [2.05, 4.69) is 26.0 Å². The molecule has 0 unspecified atom stereocenters. The average molecular weight is 204 g/mol. The van der Waals surface area contributed by atoms with Crippen LogP contribution in [0.2, 0.25) is 0 Å². The van der Waals surface area contributed by atoms with Crippen molar-refractivity contribution in [1.29, 1.82) is 0 Å². The summed E-state index contributed by atoms with van der Waals surface area (Å²) >= 11 is 0. The highest BCUT2D eigenvalue weighted by atomic mass is 35.5. The molecule has 0 aromatic carbocycles. The molecule has 78 valence electrons. The molecule has 1 saturated carbocycles. The van der Waals surface area contributed by atoms with Crippen molar-refractivity contribution in [2.45, 2.75) is 45.6 Å². The normalized spacial score (nSPS) is 29.2. The fraction of sp³-hybridized carbons (Fsp3) is 0.818. The van der Waals surface area contributed by atoms with E-state index in [1.165, 1.54) is 25.7 Å². The fourth-order valence-electron chi connectivity index (χ4n) is 1.72. The van der Waals surface area contributed by atoms with Gasteiger partial charge in [0.2, 0.25) is 0 Å². The van der Waals surface area contributed by atoms with Gasteiger partial charge in [-0.2, -0.15) is 0 Å². The van der Waals surface area contributed by atoms with E-state index in [-0.39, 0.29) is 12.4 Å². The Kier molecular flexibility index (Phi) is 6.44. The molecule has 0 amide bonds. The summed E-state index contributed by atoms with van der Waals surface area (Å²) < 4.78 is 0. The second kappa shape index (κ2) is 6.44. The van der Waals surface area contributed by atoms with Gasteiger partial charge >= 0.3 is 0 Å². The number of rotatable bonds is 2. The summed E-state index contributed by atoms with van der Waals surface area (Å²) in [5.74, 6) is 1.51. The lowest BCUT2D eigenvalue weighted by molar-refractivity contribution is 0.374. The average Bonchev–Trinajstić information content (AvgIpc) is 2.03. The third kappa shape index (κ3) is 5.33. The molecule has 1 nitrogen and oxygen atoms in total. The molecule has 1 rings (SSSR count). The summed E-state index contributed by atoms with van der Waals surface area (Å²) in [5.41, 5.74) is 5.83. The van der Waals surface area contributed by atoms with Gasteiger partial charge in [0.05, 0.1) is 0 Å². The first kappa shape index (κ1) is 13.0. The van der Waals surface area contributed by atoms with Crippen LogP contribution in [-0.4, -0.2) is 6.04 Å². The third-order valence-electron chi connectivity index (χ3n) is 2.58. The summed E-state index contributed by atoms with van der Waals surface area (Å²) in [5, 5.41) is 0. The van der Waals surface area contributed by atoms with Crippen LogP contribution in [0.1, 0.15) is 39.5 Å². The minimum atomic E-state index is 0. The van der Waals surface area contributed by atoms with Crippen molar-refractivity contribution < 1.29 is 0 Å². The lowest BCUT2D eigenvalue weighted by Crippen LogP contribution is -2.25. The Morgan fingerprint density at radius 1 is 1.15 bits per heavy atom. The van der Waals surface area contributed by atoms with Gasteiger partial charge < -0.3 is 5.73 Å². The van der Waals surface area contributed by atoms with E-state index in [9.17, 15) is 0 Å². The number of allylic oxidation sites excluding steroid dienone is 2. The zero-order chi connectivity index (χ0) is 8.97. The van der Waals surface area contributed by atoms with E-state index in [1.54, 1.807) is 0 Å². The molecule has 1 aliphatic carbocycles. The SMILES string of the molecule is CC(C)/C=C\C1CCC(N)CC1.Cl. The summed E-state index contributed by atoms with van der Waals surface area (Å²) in [6.07, 6.45) is 9.73. The van der Waals surface area contributed by atoms with Crippen molar-refractivity contribution in [3.05, 3.63) is 12.2 Å². The first-order valence-corrected chi connectivity index (χ1v) is 5.12. The number of nitrogens with two attached hydrogens (primary N) is 1. The van der Waals surface area contributed by atoms with Crippen LogP contribution < -0.4 is 5.73 Å². The number of halogens is 1. The Labute approximate surface area is 88.2 Å². The summed E-state index contributed by atoms with van der Waals surface area (Å²) in [6.45, 7) is 4.45. The van der Waals surface area contributed by atoms with Gasteiger partial charge in [-0.25, -0.2) is 0 Å². The minimum absolute atomic E-state index is 0. The Morgan fingerprint density at radius 2 is 1.69 bits per heavy atom. The Hall–Kier alpha value is -0.0100. The molecule has 0 heterocycles. The van der Waals surface area contributed by atoms with Crippen molar-refractivity contribution in [2.75, 3.05) is 0 Å². The standard InChI is InChI=1S/C11H21N.ClH/c1-9(2)3-4-10-5-7-11(12)8-6-10;/h3-4,9-11H,5-8,12H2,1-2H3;1H/b4-3-;. The van der Waals surface area contributed by atoms with Gasteiger partial charge in [0.1, 0.15) is 0 Å². The van der Waals surface area contributed by atoms with Crippen LogP contribution in [0.5, 0.6) is 0 Å². The van der Waals surface area contributed by atoms with Crippen LogP contribution in [0, 0.1) is 11.8 Å². The van der Waals surface area contributed by atoms with Gasteiger partial charge in [0.25, 0.3) is 0 Å². The van der Waals surface area contributed by atoms with Crippen molar-refractivity contribution in [1.82, 2.24) is 0 Å². The van der Waals surface area contributed by atoms with E-state index >= 15 is 0 Å². The maximum absolute atomic E-state index is 5.83. The smallest absolute Gasteiger partial charge is 0.00392 e. The quantitative estimate of drug-likeness (QED) is 0.686. The van der Waals surface area contributed by atoms with Crippen LogP contribution in [0.25, 0.3) is 0 Å². The molecule has 0 aliphatic heterocycles. The first-order chi connectivity index (χ1) is 5.68. The van der Waals surface area contributed by atoms with Crippen molar-refractivity contribution >= 4 is 12.4 Å². The maximum atomic E-state index is 5.83. The Bertz CT molecular complexity index is 146. The highest BCUT2D eigenvalue weighted by Gasteiger charge is 2.15. The molecule has 0 aromatic heterocycles. The molecule has 1 fully saturated rings. The Balaban J connectivity index is 0.00000144. The fourth-order valence-corrected chi connectivity index (χ4v) is 1.72. The Morgan fingerprint density at radius 3 is 2.15 bits per heavy atom. The third-order valence-corrected chi connectivity index (χ3v) is 2.58. The van der Waals surface area contributed by atoms with Crippen molar-refractivity contribution in [3.63, 3.8) is 0 Å². The zero-order valence-corrected chi connectivity index (χ0v) is 9.52. The molecular formula is C11H22ClN. The highest BCUT2D eigenvalue weighted by Crippen LogP contribution is 2.24. The minimum Gasteiger partial charge on any atom is -0.328 e. The van der Waals surface area contributed by atoms with E-state index in [1.807, 2.05) is 0 Å². The van der Waals surface area contributed by atoms with Gasteiger partial charge in [0.15, 0.2) is 0 Å². The predicted octanol–water partition coefficient (Wildman–Crippen LogP) is 3.14. The molecule has 0 radical (unpaired) electrons. The highest BCUT2D eigenvalue weighted by molar-refractivity contribution is 5.85. The monoisotopic (exact) mass is 203 g/mol. The van der Waals surface area contributed by atoms with E-state index < -0.39 is 0 Å². The van der Waals surface area contributed by atoms with Gasteiger partial charge in [-0.05, 0) is 37.5 Å². The lowest BCUT2D eigenvalue weighted by atomic mass is 9.86. The number of hydrogen-bond acceptors (Lipinski definition) is 1. The maximum Gasteiger partial charge on any atom is 0.00392 e. The van der Waals surface area contributed by atoms with E-state index in [0.29, 0.717) is 12.0 Å². The van der Waals surface area contributed by atoms with Crippen LogP contribution in [0.3, 0.4) is 0 Å². The van der Waals surface area contributed by atoms with E-state index in [4.69, 9.17) is 5.73 Å². The summed E-state index contributed by atoms with van der Waals surface area (Å²) in [6, 6.07) is 0.480. The summed E-state index contributed by atoms with van der Waals surface area (Å²) in [4.78, 5) is 0. The molecule has 0 saturated heterocycles. The first-order valence-electron chi connectivity index (χ1n) is 5.12. The second-order valence-corrected chi connectivity index (χ2v) is 4.30. The molecule has 0 spiro atoms. The van der Waals surface area contributed by atoms with Gasteiger partial charge in [-0.15, -0.1) is 12.4 Å². The van der Waals surface area contributed by atoms with Crippen LogP contribution >= 0.6 is 12.4 Å². The van der Waals surface area contributed by atoms with Gasteiger partial charge in [-0.1, -0.05) is 26.0 Å². The molecule has 1 aliphatic rings. The zero-order valence-electron chi connectivity index (χ0n) is 8.70. The van der Waals surface area contributed by atoms with Crippen LogP contribution in [-0.2, 0) is 0 Å². The van der Waals surface area contributed by atoms with Crippen LogP contribution in [0.4, 0.5) is 0 Å². The molecule has 2 N–H and O–H groups in total. The summed E-state index contributed by atoms with van der Waals surface area (Å²) in [7, 11) is 0. The van der Waals surface area contributed by atoms with Crippen molar-refractivity contribution in [3.8, 4) is 0 Å². The lowest BCUT2D eigenvalue weighted by Gasteiger charge is -2.23. The molecule has 13 heavy (non-hydrogen) atoms. The van der Waals surface area contributed by atoms with Gasteiger partial charge in [-0.3, -0.25) is 0 Å². The largest absolute Gasteiger partial charge is 0.328 e. The molecule has 2 heteroatoms. The molecule has 0 bridgehead atoms. The molecular weight excluding hydrogens is 182 g/mol. The predicted molar refractivity (Wildman–Crippen MR) is 61.2 cm³/mol. The topological polar surface area (TPSA) is 26.0 Å². The molecule has 0 aromatic rings. The van der Waals surface area contributed by atoms with E-state index in [0.717, 1.165) is 5.92 Å². The molecule has 0 atom stereocenters. The number of hydrogen-bond donors (Lipinski definition) is 1. The second-order valence-electron chi connectivity index (χ2n) is 4.30.